The van der Waals surface area contributed by atoms with Crippen molar-refractivity contribution in [3.8, 4) is 11.1 Å². The molecule has 0 atom stereocenters. The smallest absolute Gasteiger partial charge is 0.194 e. The molecule has 0 aliphatic carbocycles. The number of benzene rings is 3. The lowest BCUT2D eigenvalue weighted by molar-refractivity contribution is 0.447. The highest BCUT2D eigenvalue weighted by Crippen LogP contribution is 2.27. The van der Waals surface area contributed by atoms with Crippen LogP contribution in [0.15, 0.2) is 48.5 Å². The van der Waals surface area contributed by atoms with E-state index in [1.807, 2.05) is 13.0 Å². The lowest BCUT2D eigenvalue weighted by Crippen LogP contribution is -1.98. The molecule has 0 N–H and O–H groups in total. The van der Waals surface area contributed by atoms with Gasteiger partial charge in [0.2, 0.25) is 0 Å². The summed E-state index contributed by atoms with van der Waals surface area (Å²) in [7, 11) is 0. The number of aryl methyl sites for hydroxylation is 3. The van der Waals surface area contributed by atoms with Crippen molar-refractivity contribution >= 4 is 0 Å². The first kappa shape index (κ1) is 20.1. The summed E-state index contributed by atoms with van der Waals surface area (Å²) >= 11 is 0. The van der Waals surface area contributed by atoms with Crippen LogP contribution in [0.1, 0.15) is 30.0 Å². The molecule has 0 heterocycles. The molecular weight excluding hydrogens is 371 g/mol. The van der Waals surface area contributed by atoms with Gasteiger partial charge in [0.15, 0.2) is 17.5 Å². The second-order valence-corrected chi connectivity index (χ2v) is 6.74. The Bertz CT molecular complexity index is 971. The van der Waals surface area contributed by atoms with Crippen LogP contribution < -0.4 is 0 Å². The summed E-state index contributed by atoms with van der Waals surface area (Å²) in [4.78, 5) is 0. The molecule has 0 nitrogen and oxygen atoms in total. The Kier molecular flexibility index (Phi) is 6.12. The van der Waals surface area contributed by atoms with Crippen LogP contribution in [0, 0.1) is 29.1 Å². The fraction of sp³-hybridized carbons (Fsp3) is 0.217. The molecule has 3 rings (SSSR count). The Hall–Kier alpha value is -2.69. The third-order valence-corrected chi connectivity index (χ3v) is 4.67. The average molecular weight is 390 g/mol. The topological polar surface area (TPSA) is 0 Å². The third kappa shape index (κ3) is 4.41. The molecule has 146 valence electrons. The number of halogens is 5. The van der Waals surface area contributed by atoms with Crippen molar-refractivity contribution in [1.82, 2.24) is 0 Å². The van der Waals surface area contributed by atoms with E-state index in [1.165, 1.54) is 18.2 Å². The van der Waals surface area contributed by atoms with Crippen molar-refractivity contribution in [3.63, 3.8) is 0 Å². The molecule has 0 fully saturated rings. The van der Waals surface area contributed by atoms with Crippen molar-refractivity contribution in [3.05, 3.63) is 94.3 Å². The van der Waals surface area contributed by atoms with Gasteiger partial charge in [-0.15, -0.1) is 0 Å². The molecule has 0 spiro atoms. The van der Waals surface area contributed by atoms with Gasteiger partial charge in [0.05, 0.1) is 0 Å². The molecule has 28 heavy (non-hydrogen) atoms. The van der Waals surface area contributed by atoms with E-state index in [4.69, 9.17) is 0 Å². The van der Waals surface area contributed by atoms with Crippen molar-refractivity contribution < 1.29 is 22.0 Å². The van der Waals surface area contributed by atoms with E-state index >= 15 is 0 Å². The molecule has 0 saturated carbocycles. The monoisotopic (exact) mass is 390 g/mol. The van der Waals surface area contributed by atoms with Crippen LogP contribution in [0.25, 0.3) is 11.1 Å². The largest absolute Gasteiger partial charge is 0.207 e. The SMILES string of the molecule is CCCc1ccc(CCc2ccc(-c3cc(F)c(F)c(F)c3)c(F)c2)c(F)c1. The highest BCUT2D eigenvalue weighted by molar-refractivity contribution is 5.64. The molecule has 0 saturated heterocycles. The van der Waals surface area contributed by atoms with Crippen LogP contribution in [0.2, 0.25) is 0 Å². The van der Waals surface area contributed by atoms with E-state index in [0.717, 1.165) is 30.5 Å². The molecule has 0 aliphatic heterocycles. The van der Waals surface area contributed by atoms with Crippen LogP contribution in [-0.4, -0.2) is 0 Å². The van der Waals surface area contributed by atoms with Gasteiger partial charge < -0.3 is 0 Å². The maximum Gasteiger partial charge on any atom is 0.194 e. The van der Waals surface area contributed by atoms with Crippen LogP contribution in [0.5, 0.6) is 0 Å². The Morgan fingerprint density at radius 3 is 1.82 bits per heavy atom. The van der Waals surface area contributed by atoms with Crippen molar-refractivity contribution in [2.45, 2.75) is 32.6 Å². The fourth-order valence-corrected chi connectivity index (χ4v) is 3.18. The van der Waals surface area contributed by atoms with E-state index < -0.39 is 23.3 Å². The summed E-state index contributed by atoms with van der Waals surface area (Å²) in [6.45, 7) is 2.03. The summed E-state index contributed by atoms with van der Waals surface area (Å²) in [6, 6.07) is 10.9. The molecular formula is C23H19F5. The highest BCUT2D eigenvalue weighted by atomic mass is 19.2. The highest BCUT2D eigenvalue weighted by Gasteiger charge is 2.14. The zero-order valence-corrected chi connectivity index (χ0v) is 15.3. The van der Waals surface area contributed by atoms with Crippen LogP contribution in [0.4, 0.5) is 22.0 Å². The van der Waals surface area contributed by atoms with Gasteiger partial charge in [0, 0.05) is 5.56 Å². The van der Waals surface area contributed by atoms with Gasteiger partial charge in [-0.25, -0.2) is 22.0 Å². The van der Waals surface area contributed by atoms with E-state index in [2.05, 4.69) is 0 Å². The molecule has 3 aromatic rings. The van der Waals surface area contributed by atoms with E-state index in [9.17, 15) is 22.0 Å². The third-order valence-electron chi connectivity index (χ3n) is 4.67. The molecule has 3 aromatic carbocycles. The Balaban J connectivity index is 1.76. The van der Waals surface area contributed by atoms with E-state index in [-0.39, 0.29) is 16.9 Å². The molecule has 0 aromatic heterocycles. The van der Waals surface area contributed by atoms with Gasteiger partial charge >= 0.3 is 0 Å². The first-order valence-electron chi connectivity index (χ1n) is 9.09. The fourth-order valence-electron chi connectivity index (χ4n) is 3.18. The lowest BCUT2D eigenvalue weighted by Gasteiger charge is -2.09. The normalized spacial score (nSPS) is 11.1. The van der Waals surface area contributed by atoms with Crippen molar-refractivity contribution in [2.24, 2.45) is 0 Å². The summed E-state index contributed by atoms with van der Waals surface area (Å²) < 4.78 is 68.5. The number of hydrogen-bond acceptors (Lipinski definition) is 0. The minimum Gasteiger partial charge on any atom is -0.207 e. The zero-order valence-electron chi connectivity index (χ0n) is 15.3. The van der Waals surface area contributed by atoms with Gasteiger partial charge in [0.25, 0.3) is 0 Å². The lowest BCUT2D eigenvalue weighted by atomic mass is 9.98. The van der Waals surface area contributed by atoms with Gasteiger partial charge in [0.1, 0.15) is 11.6 Å². The Labute approximate surface area is 160 Å². The van der Waals surface area contributed by atoms with Crippen LogP contribution in [0.3, 0.4) is 0 Å². The second-order valence-electron chi connectivity index (χ2n) is 6.74. The molecule has 5 heteroatoms. The summed E-state index contributed by atoms with van der Waals surface area (Å²) in [5, 5.41) is 0. The summed E-state index contributed by atoms with van der Waals surface area (Å²) in [5.74, 6) is -5.30. The van der Waals surface area contributed by atoms with E-state index in [1.54, 1.807) is 12.1 Å². The number of hydrogen-bond donors (Lipinski definition) is 0. The summed E-state index contributed by atoms with van der Waals surface area (Å²) in [5.41, 5.74) is 2.00. The van der Waals surface area contributed by atoms with Gasteiger partial charge in [-0.1, -0.05) is 37.6 Å². The van der Waals surface area contributed by atoms with E-state index in [0.29, 0.717) is 24.0 Å². The average Bonchev–Trinajstić information content (AvgIpc) is 2.65. The van der Waals surface area contributed by atoms with Crippen LogP contribution in [-0.2, 0) is 19.3 Å². The molecule has 0 aliphatic rings. The zero-order chi connectivity index (χ0) is 20.3. The van der Waals surface area contributed by atoms with Gasteiger partial charge in [-0.3, -0.25) is 0 Å². The summed E-state index contributed by atoms with van der Waals surface area (Å²) in [6.07, 6.45) is 2.56. The standard InChI is InChI=1S/C23H19F5/c1-2-3-14-4-7-16(19(24)10-14)8-5-15-6-9-18(20(25)11-15)17-12-21(26)23(28)22(27)13-17/h4,6-7,9-13H,2-3,5,8H2,1H3. The predicted octanol–water partition coefficient (Wildman–Crippen LogP) is 6.79. The molecule has 0 amide bonds. The molecule has 0 bridgehead atoms. The van der Waals surface area contributed by atoms with Crippen molar-refractivity contribution in [2.75, 3.05) is 0 Å². The van der Waals surface area contributed by atoms with Crippen molar-refractivity contribution in [1.29, 1.82) is 0 Å². The first-order valence-corrected chi connectivity index (χ1v) is 9.09. The quantitative estimate of drug-likeness (QED) is 0.321. The predicted molar refractivity (Wildman–Crippen MR) is 99.5 cm³/mol. The Morgan fingerprint density at radius 1 is 0.607 bits per heavy atom. The molecule has 0 unspecified atom stereocenters. The van der Waals surface area contributed by atoms with Gasteiger partial charge in [-0.05, 0) is 65.8 Å². The first-order chi connectivity index (χ1) is 13.4. The number of rotatable bonds is 6. The van der Waals surface area contributed by atoms with Crippen LogP contribution >= 0.6 is 0 Å². The maximum absolute atomic E-state index is 14.4. The minimum absolute atomic E-state index is 0.0309. The molecule has 0 radical (unpaired) electrons. The maximum atomic E-state index is 14.4. The minimum atomic E-state index is -1.59. The van der Waals surface area contributed by atoms with Gasteiger partial charge in [-0.2, -0.15) is 0 Å². The Morgan fingerprint density at radius 2 is 1.21 bits per heavy atom. The second kappa shape index (κ2) is 8.55.